The Labute approximate surface area is 100 Å². The molecule has 1 fully saturated rings. The van der Waals surface area contributed by atoms with Crippen molar-refractivity contribution in [2.24, 2.45) is 0 Å². The second-order valence-corrected chi connectivity index (χ2v) is 5.31. The van der Waals surface area contributed by atoms with Crippen molar-refractivity contribution in [3.05, 3.63) is 22.2 Å². The maximum Gasteiger partial charge on any atom is 0.252 e. The van der Waals surface area contributed by atoms with Crippen molar-refractivity contribution < 1.29 is 5.11 Å². The van der Waals surface area contributed by atoms with Crippen LogP contribution < -0.4 is 10.9 Å². The lowest BCUT2D eigenvalue weighted by molar-refractivity contribution is 0.133. The Morgan fingerprint density at radius 3 is 2.76 bits per heavy atom. The zero-order valence-electron chi connectivity index (χ0n) is 10.4. The summed E-state index contributed by atoms with van der Waals surface area (Å²) in [6, 6.07) is 1.43. The van der Waals surface area contributed by atoms with E-state index in [1.807, 2.05) is 13.8 Å². The van der Waals surface area contributed by atoms with Gasteiger partial charge in [0.2, 0.25) is 0 Å². The van der Waals surface area contributed by atoms with Gasteiger partial charge in [0.25, 0.3) is 5.56 Å². The maximum absolute atomic E-state index is 11.5. The standard InChI is InChI=1S/C12H19N3O2/c1-7(16)12(2,3)15-9-6-10(17)14-11(13-9)8-4-5-8/h6-8,16H,4-5H2,1-3H3,(H2,13,14,15,17). The van der Waals surface area contributed by atoms with Crippen molar-refractivity contribution in [2.45, 2.75) is 51.2 Å². The predicted octanol–water partition coefficient (Wildman–Crippen LogP) is 1.22. The molecular formula is C12H19N3O2. The zero-order chi connectivity index (χ0) is 12.6. The normalized spacial score (nSPS) is 17.9. The van der Waals surface area contributed by atoms with Crippen molar-refractivity contribution >= 4 is 5.82 Å². The fourth-order valence-corrected chi connectivity index (χ4v) is 1.53. The van der Waals surface area contributed by atoms with Crippen LogP contribution >= 0.6 is 0 Å². The molecule has 2 rings (SSSR count). The minimum Gasteiger partial charge on any atom is -0.391 e. The van der Waals surface area contributed by atoms with Crippen LogP contribution in [0.15, 0.2) is 10.9 Å². The van der Waals surface area contributed by atoms with E-state index < -0.39 is 11.6 Å². The van der Waals surface area contributed by atoms with E-state index >= 15 is 0 Å². The molecule has 1 atom stereocenters. The van der Waals surface area contributed by atoms with Crippen LogP contribution in [0.3, 0.4) is 0 Å². The SMILES string of the molecule is CC(O)C(C)(C)Nc1cc(=O)[nH]c(C2CC2)n1. The second-order valence-electron chi connectivity index (χ2n) is 5.31. The van der Waals surface area contributed by atoms with Gasteiger partial charge in [-0.3, -0.25) is 4.79 Å². The molecule has 1 aliphatic rings. The van der Waals surface area contributed by atoms with E-state index in [0.717, 1.165) is 18.7 Å². The summed E-state index contributed by atoms with van der Waals surface area (Å²) in [7, 11) is 0. The van der Waals surface area contributed by atoms with Crippen molar-refractivity contribution in [3.63, 3.8) is 0 Å². The Kier molecular flexibility index (Phi) is 2.95. The van der Waals surface area contributed by atoms with Crippen LogP contribution in [-0.2, 0) is 0 Å². The highest BCUT2D eigenvalue weighted by atomic mass is 16.3. The number of nitrogens with zero attached hydrogens (tertiary/aromatic N) is 1. The quantitative estimate of drug-likeness (QED) is 0.735. The van der Waals surface area contributed by atoms with Gasteiger partial charge in [0.15, 0.2) is 0 Å². The number of aromatic amines is 1. The lowest BCUT2D eigenvalue weighted by atomic mass is 9.99. The number of rotatable bonds is 4. The minimum absolute atomic E-state index is 0.147. The number of aromatic nitrogens is 2. The van der Waals surface area contributed by atoms with Crippen molar-refractivity contribution in [1.82, 2.24) is 9.97 Å². The van der Waals surface area contributed by atoms with Gasteiger partial charge in [-0.05, 0) is 33.6 Å². The first-order valence-electron chi connectivity index (χ1n) is 5.96. The van der Waals surface area contributed by atoms with E-state index in [1.54, 1.807) is 6.92 Å². The first-order chi connectivity index (χ1) is 7.88. The Hall–Kier alpha value is -1.36. The minimum atomic E-state index is -0.534. The Bertz CT molecular complexity index is 461. The third-order valence-corrected chi connectivity index (χ3v) is 3.22. The number of aliphatic hydroxyl groups excluding tert-OH is 1. The predicted molar refractivity (Wildman–Crippen MR) is 66.2 cm³/mol. The highest BCUT2D eigenvalue weighted by molar-refractivity contribution is 5.37. The first kappa shape index (κ1) is 12.1. The number of aliphatic hydroxyl groups is 1. The van der Waals surface area contributed by atoms with Gasteiger partial charge >= 0.3 is 0 Å². The number of H-pyrrole nitrogens is 1. The largest absolute Gasteiger partial charge is 0.391 e. The molecule has 3 N–H and O–H groups in total. The van der Waals surface area contributed by atoms with Crippen LogP contribution in [0.5, 0.6) is 0 Å². The molecule has 0 saturated heterocycles. The molecule has 0 bridgehead atoms. The summed E-state index contributed by atoms with van der Waals surface area (Å²) in [5, 5.41) is 12.7. The zero-order valence-corrected chi connectivity index (χ0v) is 10.4. The second kappa shape index (κ2) is 4.14. The van der Waals surface area contributed by atoms with E-state index in [1.165, 1.54) is 6.07 Å². The Morgan fingerprint density at radius 2 is 2.24 bits per heavy atom. The van der Waals surface area contributed by atoms with Crippen LogP contribution in [0.1, 0.15) is 45.4 Å². The molecule has 1 unspecified atom stereocenters. The van der Waals surface area contributed by atoms with E-state index in [0.29, 0.717) is 11.7 Å². The van der Waals surface area contributed by atoms with Crippen molar-refractivity contribution in [3.8, 4) is 0 Å². The summed E-state index contributed by atoms with van der Waals surface area (Å²) in [6.45, 7) is 5.46. The van der Waals surface area contributed by atoms with Crippen molar-refractivity contribution in [1.29, 1.82) is 0 Å². The molecule has 94 valence electrons. The molecule has 5 heteroatoms. The smallest absolute Gasteiger partial charge is 0.252 e. The Balaban J connectivity index is 2.23. The van der Waals surface area contributed by atoms with E-state index in [2.05, 4.69) is 15.3 Å². The highest BCUT2D eigenvalue weighted by Crippen LogP contribution is 2.37. The average molecular weight is 237 g/mol. The molecule has 0 aromatic carbocycles. The van der Waals surface area contributed by atoms with Gasteiger partial charge in [-0.1, -0.05) is 0 Å². The van der Waals surface area contributed by atoms with Crippen molar-refractivity contribution in [2.75, 3.05) is 5.32 Å². The third-order valence-electron chi connectivity index (χ3n) is 3.22. The third kappa shape index (κ3) is 2.85. The molecule has 1 aromatic heterocycles. The topological polar surface area (TPSA) is 78.0 Å². The monoisotopic (exact) mass is 237 g/mol. The fourth-order valence-electron chi connectivity index (χ4n) is 1.53. The van der Waals surface area contributed by atoms with Crippen LogP contribution in [0.25, 0.3) is 0 Å². The molecule has 0 spiro atoms. The first-order valence-corrected chi connectivity index (χ1v) is 5.96. The molecule has 1 saturated carbocycles. The molecule has 1 aromatic rings. The number of hydrogen-bond donors (Lipinski definition) is 3. The molecule has 17 heavy (non-hydrogen) atoms. The lowest BCUT2D eigenvalue weighted by Crippen LogP contribution is -2.42. The number of anilines is 1. The van der Waals surface area contributed by atoms with Gasteiger partial charge in [0.05, 0.1) is 11.6 Å². The van der Waals surface area contributed by atoms with Crippen LogP contribution in [-0.4, -0.2) is 26.7 Å². The van der Waals surface area contributed by atoms with Gasteiger partial charge in [-0.15, -0.1) is 0 Å². The molecule has 1 heterocycles. The van der Waals surface area contributed by atoms with E-state index in [9.17, 15) is 9.90 Å². The van der Waals surface area contributed by atoms with Gasteiger partial charge < -0.3 is 15.4 Å². The van der Waals surface area contributed by atoms with Crippen LogP contribution in [0.2, 0.25) is 0 Å². The summed E-state index contributed by atoms with van der Waals surface area (Å²) < 4.78 is 0. The summed E-state index contributed by atoms with van der Waals surface area (Å²) in [5.41, 5.74) is -0.660. The Morgan fingerprint density at radius 1 is 1.59 bits per heavy atom. The van der Waals surface area contributed by atoms with E-state index in [4.69, 9.17) is 0 Å². The highest BCUT2D eigenvalue weighted by Gasteiger charge is 2.28. The maximum atomic E-state index is 11.5. The summed E-state index contributed by atoms with van der Waals surface area (Å²) in [6.07, 6.45) is 1.64. The molecule has 5 nitrogen and oxygen atoms in total. The van der Waals surface area contributed by atoms with E-state index in [-0.39, 0.29) is 5.56 Å². The lowest BCUT2D eigenvalue weighted by Gasteiger charge is -2.29. The molecule has 0 aliphatic heterocycles. The summed E-state index contributed by atoms with van der Waals surface area (Å²) in [5.74, 6) is 1.68. The molecule has 0 amide bonds. The van der Waals surface area contributed by atoms with Gasteiger partial charge in [0.1, 0.15) is 11.6 Å². The molecule has 1 aliphatic carbocycles. The number of nitrogens with one attached hydrogen (secondary N) is 2. The van der Waals surface area contributed by atoms with Gasteiger partial charge in [-0.2, -0.15) is 0 Å². The summed E-state index contributed by atoms with van der Waals surface area (Å²) >= 11 is 0. The van der Waals surface area contributed by atoms with Crippen LogP contribution in [0.4, 0.5) is 5.82 Å². The number of hydrogen-bond acceptors (Lipinski definition) is 4. The van der Waals surface area contributed by atoms with Gasteiger partial charge in [0, 0.05) is 12.0 Å². The molecule has 0 radical (unpaired) electrons. The van der Waals surface area contributed by atoms with Crippen LogP contribution in [0, 0.1) is 0 Å². The fraction of sp³-hybridized carbons (Fsp3) is 0.667. The average Bonchev–Trinajstić information content (AvgIpc) is 2.98. The summed E-state index contributed by atoms with van der Waals surface area (Å²) in [4.78, 5) is 18.6. The molecular weight excluding hydrogens is 218 g/mol. The van der Waals surface area contributed by atoms with Gasteiger partial charge in [-0.25, -0.2) is 4.98 Å².